The number of hydrogen-bond acceptors (Lipinski definition) is 1. The fraction of sp³-hybridized carbons (Fsp3) is 0.0455. The fourth-order valence-electron chi connectivity index (χ4n) is 6.05. The van der Waals surface area contributed by atoms with E-state index in [2.05, 4.69) is 195 Å². The molecule has 0 aliphatic rings. The first-order valence-corrected chi connectivity index (χ1v) is 15.5. The van der Waals surface area contributed by atoms with Crippen LogP contribution in [0.1, 0.15) is 11.1 Å². The summed E-state index contributed by atoms with van der Waals surface area (Å²) in [6.07, 6.45) is 0. The van der Waals surface area contributed by atoms with Crippen molar-refractivity contribution < 1.29 is 0 Å². The molecule has 0 aliphatic carbocycles. The molecule has 0 heterocycles. The lowest BCUT2D eigenvalue weighted by atomic mass is 9.86. The normalized spacial score (nSPS) is 10.9. The van der Waals surface area contributed by atoms with E-state index in [0.717, 1.165) is 17.1 Å². The van der Waals surface area contributed by atoms with Crippen LogP contribution in [-0.2, 0) is 0 Å². The Balaban J connectivity index is 1.50. The molecular weight excluding hydrogens is 542 g/mol. The van der Waals surface area contributed by atoms with Crippen LogP contribution in [0.3, 0.4) is 0 Å². The van der Waals surface area contributed by atoms with Gasteiger partial charge < -0.3 is 4.90 Å². The van der Waals surface area contributed by atoms with Gasteiger partial charge in [0.2, 0.25) is 0 Å². The summed E-state index contributed by atoms with van der Waals surface area (Å²) in [7, 11) is 0. The lowest BCUT2D eigenvalue weighted by Crippen LogP contribution is -2.11. The molecule has 0 bridgehead atoms. The van der Waals surface area contributed by atoms with Gasteiger partial charge in [0.05, 0.1) is 0 Å². The van der Waals surface area contributed by atoms with E-state index >= 15 is 0 Å². The highest BCUT2D eigenvalue weighted by Crippen LogP contribution is 2.46. The van der Waals surface area contributed by atoms with Crippen LogP contribution in [0.5, 0.6) is 0 Å². The molecule has 1 heteroatoms. The van der Waals surface area contributed by atoms with Crippen LogP contribution in [0.2, 0.25) is 0 Å². The number of benzene rings is 7. The molecule has 7 rings (SSSR count). The summed E-state index contributed by atoms with van der Waals surface area (Å²) in [5.74, 6) is 0. The van der Waals surface area contributed by atoms with E-state index in [-0.39, 0.29) is 0 Å². The number of nitrogens with zero attached hydrogens (tertiary/aromatic N) is 1. The second-order valence-corrected chi connectivity index (χ2v) is 11.6. The smallest absolute Gasteiger partial charge is 0.0474 e. The molecule has 0 N–H and O–H groups in total. The lowest BCUT2D eigenvalue weighted by Gasteiger charge is -2.28. The largest absolute Gasteiger partial charge is 0.310 e. The Labute approximate surface area is 266 Å². The first-order chi connectivity index (χ1) is 22.1. The maximum absolute atomic E-state index is 2.38. The Hall–Kier alpha value is -5.66. The average molecular weight is 578 g/mol. The van der Waals surface area contributed by atoms with Crippen molar-refractivity contribution in [1.82, 2.24) is 0 Å². The van der Waals surface area contributed by atoms with Gasteiger partial charge >= 0.3 is 0 Å². The minimum absolute atomic E-state index is 1.12. The molecule has 0 amide bonds. The Kier molecular flexibility index (Phi) is 7.83. The topological polar surface area (TPSA) is 3.24 Å². The first kappa shape index (κ1) is 28.1. The minimum Gasteiger partial charge on any atom is -0.310 e. The van der Waals surface area contributed by atoms with Gasteiger partial charge in [-0.25, -0.2) is 0 Å². The number of hydrogen-bond donors (Lipinski definition) is 0. The quantitative estimate of drug-likeness (QED) is 0.182. The first-order valence-electron chi connectivity index (χ1n) is 15.5. The molecule has 45 heavy (non-hydrogen) atoms. The molecule has 0 saturated carbocycles. The van der Waals surface area contributed by atoms with Crippen molar-refractivity contribution in [1.29, 1.82) is 0 Å². The van der Waals surface area contributed by atoms with Crippen molar-refractivity contribution in [2.24, 2.45) is 0 Å². The summed E-state index contributed by atoms with van der Waals surface area (Å²) >= 11 is 0. The molecule has 0 fully saturated rings. The van der Waals surface area contributed by atoms with Crippen LogP contribution in [0.4, 0.5) is 17.1 Å². The van der Waals surface area contributed by atoms with E-state index in [4.69, 9.17) is 0 Å². The molecule has 0 aliphatic heterocycles. The minimum atomic E-state index is 1.12. The van der Waals surface area contributed by atoms with Gasteiger partial charge in [0.15, 0.2) is 0 Å². The van der Waals surface area contributed by atoms with Gasteiger partial charge in [0.1, 0.15) is 0 Å². The van der Waals surface area contributed by atoms with Gasteiger partial charge in [-0.1, -0.05) is 151 Å². The van der Waals surface area contributed by atoms with Gasteiger partial charge in [-0.3, -0.25) is 0 Å². The van der Waals surface area contributed by atoms with E-state index in [9.17, 15) is 0 Å². The molecule has 216 valence electrons. The van der Waals surface area contributed by atoms with Crippen LogP contribution >= 0.6 is 0 Å². The van der Waals surface area contributed by atoms with E-state index in [1.807, 2.05) is 0 Å². The maximum Gasteiger partial charge on any atom is 0.0474 e. The van der Waals surface area contributed by atoms with E-state index in [0.29, 0.717) is 0 Å². The van der Waals surface area contributed by atoms with Gasteiger partial charge in [-0.2, -0.15) is 0 Å². The van der Waals surface area contributed by atoms with Crippen LogP contribution in [0.15, 0.2) is 176 Å². The highest BCUT2D eigenvalue weighted by atomic mass is 15.1. The Morgan fingerprint density at radius 1 is 0.311 bits per heavy atom. The lowest BCUT2D eigenvalue weighted by molar-refractivity contribution is 1.27. The maximum atomic E-state index is 2.38. The van der Waals surface area contributed by atoms with Crippen molar-refractivity contribution >= 4 is 17.1 Å². The van der Waals surface area contributed by atoms with Crippen molar-refractivity contribution in [2.45, 2.75) is 13.8 Å². The van der Waals surface area contributed by atoms with Crippen molar-refractivity contribution in [3.8, 4) is 44.5 Å². The second kappa shape index (κ2) is 12.5. The summed E-state index contributed by atoms with van der Waals surface area (Å²) in [5, 5.41) is 0. The zero-order valence-corrected chi connectivity index (χ0v) is 25.7. The van der Waals surface area contributed by atoms with Gasteiger partial charge in [-0.05, 0) is 94.8 Å². The second-order valence-electron chi connectivity index (χ2n) is 11.6. The number of rotatable bonds is 7. The third-order valence-corrected chi connectivity index (χ3v) is 8.42. The molecule has 0 spiro atoms. The molecule has 1 nitrogen and oxygen atoms in total. The van der Waals surface area contributed by atoms with Crippen LogP contribution in [-0.4, -0.2) is 0 Å². The van der Waals surface area contributed by atoms with Crippen LogP contribution in [0.25, 0.3) is 44.5 Å². The monoisotopic (exact) mass is 577 g/mol. The average Bonchev–Trinajstić information content (AvgIpc) is 3.11. The Morgan fingerprint density at radius 2 is 0.667 bits per heavy atom. The van der Waals surface area contributed by atoms with Crippen LogP contribution < -0.4 is 4.90 Å². The summed E-state index contributed by atoms with van der Waals surface area (Å²) < 4.78 is 0. The highest BCUT2D eigenvalue weighted by Gasteiger charge is 2.21. The van der Waals surface area contributed by atoms with Crippen molar-refractivity contribution in [3.05, 3.63) is 187 Å². The SMILES string of the molecule is Cc1ccc(N(c2ccc(C)cc2)c2cc(-c3ccccc3)c(-c3ccc(-c4ccccc4)cc3)c(-c3ccccc3)c2)cc1. The summed E-state index contributed by atoms with van der Waals surface area (Å²) in [5.41, 5.74) is 15.5. The van der Waals surface area contributed by atoms with Crippen LogP contribution in [0, 0.1) is 13.8 Å². The molecule has 0 unspecified atom stereocenters. The zero-order chi connectivity index (χ0) is 30.6. The Bertz CT molecular complexity index is 1900. The molecule has 0 radical (unpaired) electrons. The predicted octanol–water partition coefficient (Wildman–Crippen LogP) is 12.4. The van der Waals surface area contributed by atoms with Gasteiger partial charge in [-0.15, -0.1) is 0 Å². The van der Waals surface area contributed by atoms with E-state index in [1.54, 1.807) is 0 Å². The molecule has 0 saturated heterocycles. The van der Waals surface area contributed by atoms with E-state index < -0.39 is 0 Å². The molecular formula is C44H35N. The van der Waals surface area contributed by atoms with Crippen molar-refractivity contribution in [2.75, 3.05) is 4.90 Å². The fourth-order valence-corrected chi connectivity index (χ4v) is 6.05. The third-order valence-electron chi connectivity index (χ3n) is 8.42. The number of anilines is 3. The summed E-state index contributed by atoms with van der Waals surface area (Å²) in [4.78, 5) is 2.38. The molecule has 7 aromatic rings. The molecule has 0 aromatic heterocycles. The zero-order valence-electron chi connectivity index (χ0n) is 25.7. The standard InChI is InChI=1S/C44H35N/c1-32-18-26-39(27-19-32)45(40-28-20-33(2)21-29-40)41-30-42(36-14-8-4-9-15-36)44(43(31-41)37-16-10-5-11-17-37)38-24-22-35(23-25-38)34-12-6-3-7-13-34/h3-31H,1-2H3. The summed E-state index contributed by atoms with van der Waals surface area (Å²) in [6.45, 7) is 4.28. The Morgan fingerprint density at radius 3 is 1.09 bits per heavy atom. The van der Waals surface area contributed by atoms with Gasteiger partial charge in [0, 0.05) is 17.1 Å². The predicted molar refractivity (Wildman–Crippen MR) is 192 cm³/mol. The van der Waals surface area contributed by atoms with Crippen molar-refractivity contribution in [3.63, 3.8) is 0 Å². The molecule has 7 aromatic carbocycles. The summed E-state index contributed by atoms with van der Waals surface area (Å²) in [6, 6.07) is 63.5. The van der Waals surface area contributed by atoms with E-state index in [1.165, 1.54) is 55.6 Å². The highest BCUT2D eigenvalue weighted by molar-refractivity contribution is 5.98. The number of aryl methyl sites for hydroxylation is 2. The van der Waals surface area contributed by atoms with Gasteiger partial charge in [0.25, 0.3) is 0 Å². The molecule has 0 atom stereocenters. The third kappa shape index (κ3) is 5.94.